The molecule has 0 spiro atoms. The molecule has 2 aromatic heterocycles. The summed E-state index contributed by atoms with van der Waals surface area (Å²) in [5.41, 5.74) is 7.68. The second-order valence-corrected chi connectivity index (χ2v) is 7.26. The summed E-state index contributed by atoms with van der Waals surface area (Å²) in [6, 6.07) is 0. The number of hydrogen-bond donors (Lipinski definition) is 1. The van der Waals surface area contributed by atoms with E-state index < -0.39 is 0 Å². The van der Waals surface area contributed by atoms with E-state index in [9.17, 15) is 0 Å². The molecule has 24 heavy (non-hydrogen) atoms. The van der Waals surface area contributed by atoms with E-state index in [0.717, 1.165) is 42.0 Å². The average molecular weight is 350 g/mol. The van der Waals surface area contributed by atoms with Gasteiger partial charge in [0.25, 0.3) is 0 Å². The maximum absolute atomic E-state index is 6.29. The van der Waals surface area contributed by atoms with E-state index in [1.807, 2.05) is 0 Å². The van der Waals surface area contributed by atoms with Crippen LogP contribution in [0.4, 0.5) is 5.82 Å². The van der Waals surface area contributed by atoms with Gasteiger partial charge in [0.15, 0.2) is 0 Å². The summed E-state index contributed by atoms with van der Waals surface area (Å²) < 4.78 is 10.4. The topological polar surface area (TPSA) is 73.5 Å². The fraction of sp³-hybridized carbons (Fsp3) is 0.647. The minimum Gasteiger partial charge on any atom is -0.383 e. The second-order valence-electron chi connectivity index (χ2n) is 6.18. The highest BCUT2D eigenvalue weighted by Gasteiger charge is 2.20. The van der Waals surface area contributed by atoms with Crippen molar-refractivity contribution in [2.75, 3.05) is 46.3 Å². The van der Waals surface area contributed by atoms with Crippen molar-refractivity contribution in [1.82, 2.24) is 14.9 Å². The molecule has 0 unspecified atom stereocenters. The van der Waals surface area contributed by atoms with Crippen LogP contribution in [0.25, 0.3) is 10.2 Å². The molecule has 7 heteroatoms. The summed E-state index contributed by atoms with van der Waals surface area (Å²) in [6.45, 7) is 3.66. The van der Waals surface area contributed by atoms with Gasteiger partial charge in [-0.15, -0.1) is 11.3 Å². The minimum atomic E-state index is 0.632. The Hall–Kier alpha value is -1.28. The summed E-state index contributed by atoms with van der Waals surface area (Å²) in [5, 5.41) is 1.10. The Labute approximate surface area is 147 Å². The van der Waals surface area contributed by atoms with Gasteiger partial charge in [0.2, 0.25) is 0 Å². The van der Waals surface area contributed by atoms with Gasteiger partial charge in [-0.1, -0.05) is 0 Å². The summed E-state index contributed by atoms with van der Waals surface area (Å²) >= 11 is 1.79. The van der Waals surface area contributed by atoms with Crippen molar-refractivity contribution >= 4 is 27.4 Å². The highest BCUT2D eigenvalue weighted by molar-refractivity contribution is 7.19. The molecule has 0 saturated carbocycles. The smallest absolute Gasteiger partial charge is 0.146 e. The van der Waals surface area contributed by atoms with Crippen LogP contribution in [0.1, 0.15) is 29.1 Å². The number of anilines is 1. The van der Waals surface area contributed by atoms with Gasteiger partial charge in [0.05, 0.1) is 25.1 Å². The number of nitrogens with zero attached hydrogens (tertiary/aromatic N) is 3. The van der Waals surface area contributed by atoms with Crippen LogP contribution >= 0.6 is 11.3 Å². The molecule has 0 amide bonds. The maximum Gasteiger partial charge on any atom is 0.146 e. The van der Waals surface area contributed by atoms with Crippen LogP contribution in [-0.2, 0) is 28.9 Å². The van der Waals surface area contributed by atoms with E-state index in [1.54, 1.807) is 25.6 Å². The molecule has 2 aromatic rings. The first-order valence-electron chi connectivity index (χ1n) is 8.49. The van der Waals surface area contributed by atoms with E-state index in [-0.39, 0.29) is 0 Å². The first kappa shape index (κ1) is 17.5. The third kappa shape index (κ3) is 3.85. The Kier molecular flexibility index (Phi) is 5.99. The summed E-state index contributed by atoms with van der Waals surface area (Å²) in [7, 11) is 3.43. The summed E-state index contributed by atoms with van der Waals surface area (Å²) in [5.74, 6) is 1.42. The van der Waals surface area contributed by atoms with Crippen LogP contribution in [0.15, 0.2) is 0 Å². The minimum absolute atomic E-state index is 0.632. The molecular weight excluding hydrogens is 324 g/mol. The van der Waals surface area contributed by atoms with E-state index in [4.69, 9.17) is 20.2 Å². The summed E-state index contributed by atoms with van der Waals surface area (Å²) in [4.78, 5) is 14.1. The van der Waals surface area contributed by atoms with E-state index in [1.165, 1.54) is 23.3 Å². The number of fused-ring (bicyclic) bond motifs is 3. The Morgan fingerprint density at radius 3 is 2.50 bits per heavy atom. The standard InChI is InChI=1S/C17H26N4O2S/c1-22-9-7-21(8-10-23-2)11-14-19-16(18)15-12-5-3-4-6-13(12)24-17(15)20-14/h3-11H2,1-2H3,(H2,18,19,20). The van der Waals surface area contributed by atoms with Crippen LogP contribution in [0.2, 0.25) is 0 Å². The molecule has 2 heterocycles. The van der Waals surface area contributed by atoms with Crippen molar-refractivity contribution < 1.29 is 9.47 Å². The molecule has 3 rings (SSSR count). The van der Waals surface area contributed by atoms with Crippen molar-refractivity contribution in [1.29, 1.82) is 0 Å². The quantitative estimate of drug-likeness (QED) is 0.787. The largest absolute Gasteiger partial charge is 0.383 e. The van der Waals surface area contributed by atoms with Gasteiger partial charge in [-0.05, 0) is 31.2 Å². The number of hydrogen-bond acceptors (Lipinski definition) is 7. The van der Waals surface area contributed by atoms with Crippen molar-refractivity contribution in [3.8, 4) is 0 Å². The van der Waals surface area contributed by atoms with Crippen molar-refractivity contribution in [2.24, 2.45) is 0 Å². The normalized spacial score (nSPS) is 14.5. The van der Waals surface area contributed by atoms with Gasteiger partial charge in [-0.25, -0.2) is 9.97 Å². The molecule has 0 saturated heterocycles. The zero-order chi connectivity index (χ0) is 16.9. The molecule has 0 aliphatic heterocycles. The lowest BCUT2D eigenvalue weighted by molar-refractivity contribution is 0.109. The molecule has 1 aliphatic carbocycles. The van der Waals surface area contributed by atoms with E-state index >= 15 is 0 Å². The van der Waals surface area contributed by atoms with Gasteiger partial charge >= 0.3 is 0 Å². The van der Waals surface area contributed by atoms with Crippen LogP contribution in [0, 0.1) is 0 Å². The van der Waals surface area contributed by atoms with Crippen LogP contribution in [0.3, 0.4) is 0 Å². The lowest BCUT2D eigenvalue weighted by Gasteiger charge is -2.20. The average Bonchev–Trinajstić information content (AvgIpc) is 2.96. The number of aromatic nitrogens is 2. The predicted octanol–water partition coefficient (Wildman–Crippen LogP) is 2.25. The fourth-order valence-electron chi connectivity index (χ4n) is 3.21. The third-order valence-electron chi connectivity index (χ3n) is 4.48. The highest BCUT2D eigenvalue weighted by atomic mass is 32.1. The SMILES string of the molecule is COCCN(CCOC)Cc1nc(N)c2c3c(sc2n1)CCCC3. The van der Waals surface area contributed by atoms with E-state index in [0.29, 0.717) is 25.6 Å². The molecule has 0 radical (unpaired) electrons. The monoisotopic (exact) mass is 350 g/mol. The Balaban J connectivity index is 1.83. The molecule has 0 aromatic carbocycles. The lowest BCUT2D eigenvalue weighted by Crippen LogP contribution is -2.31. The number of aryl methyl sites for hydroxylation is 2. The first-order chi connectivity index (χ1) is 11.7. The van der Waals surface area contributed by atoms with Gasteiger partial charge in [0.1, 0.15) is 16.5 Å². The second kappa shape index (κ2) is 8.20. The van der Waals surface area contributed by atoms with E-state index in [2.05, 4.69) is 9.88 Å². The summed E-state index contributed by atoms with van der Waals surface area (Å²) in [6.07, 6.45) is 4.76. The molecule has 0 bridgehead atoms. The van der Waals surface area contributed by atoms with Crippen LogP contribution in [-0.4, -0.2) is 55.4 Å². The van der Waals surface area contributed by atoms with Crippen LogP contribution in [0.5, 0.6) is 0 Å². The van der Waals surface area contributed by atoms with Crippen molar-refractivity contribution in [2.45, 2.75) is 32.2 Å². The Bertz CT molecular complexity index is 681. The number of nitrogens with two attached hydrogens (primary N) is 1. The van der Waals surface area contributed by atoms with Gasteiger partial charge in [0, 0.05) is 32.2 Å². The predicted molar refractivity (Wildman–Crippen MR) is 97.5 cm³/mol. The Morgan fingerprint density at radius 1 is 1.08 bits per heavy atom. The molecule has 132 valence electrons. The number of thiophene rings is 1. The highest BCUT2D eigenvalue weighted by Crippen LogP contribution is 2.37. The number of methoxy groups -OCH3 is 2. The molecular formula is C17H26N4O2S. The maximum atomic E-state index is 6.29. The lowest BCUT2D eigenvalue weighted by atomic mass is 9.97. The molecule has 0 fully saturated rings. The number of ether oxygens (including phenoxy) is 2. The van der Waals surface area contributed by atoms with Gasteiger partial charge < -0.3 is 15.2 Å². The first-order valence-corrected chi connectivity index (χ1v) is 9.31. The zero-order valence-electron chi connectivity index (χ0n) is 14.5. The van der Waals surface area contributed by atoms with Crippen LogP contribution < -0.4 is 5.73 Å². The fourth-order valence-corrected chi connectivity index (χ4v) is 4.50. The van der Waals surface area contributed by atoms with Crippen molar-refractivity contribution in [3.05, 3.63) is 16.3 Å². The number of rotatable bonds is 8. The van der Waals surface area contributed by atoms with Gasteiger partial charge in [-0.3, -0.25) is 4.90 Å². The third-order valence-corrected chi connectivity index (χ3v) is 5.66. The molecule has 2 N–H and O–H groups in total. The molecule has 6 nitrogen and oxygen atoms in total. The number of nitrogen functional groups attached to an aromatic ring is 1. The van der Waals surface area contributed by atoms with Gasteiger partial charge in [-0.2, -0.15) is 0 Å². The Morgan fingerprint density at radius 2 is 1.79 bits per heavy atom. The molecule has 0 atom stereocenters. The zero-order valence-corrected chi connectivity index (χ0v) is 15.3. The molecule has 1 aliphatic rings. The van der Waals surface area contributed by atoms with Crippen molar-refractivity contribution in [3.63, 3.8) is 0 Å².